The molecular formula is C10H23NO2. The fourth-order valence-electron chi connectivity index (χ4n) is 1.27. The molecule has 0 aromatic heterocycles. The summed E-state index contributed by atoms with van der Waals surface area (Å²) in [5.41, 5.74) is 0. The summed E-state index contributed by atoms with van der Waals surface area (Å²) in [5.74, 6) is 0. The Balaban J connectivity index is 2.76. The molecule has 0 fully saturated rings. The highest BCUT2D eigenvalue weighted by Gasteiger charge is 1.90. The van der Waals surface area contributed by atoms with E-state index in [1.165, 1.54) is 25.7 Å². The van der Waals surface area contributed by atoms with Crippen molar-refractivity contribution < 1.29 is 10.2 Å². The molecular weight excluding hydrogens is 166 g/mol. The number of aliphatic hydroxyl groups is 2. The van der Waals surface area contributed by atoms with Crippen molar-refractivity contribution in [3.8, 4) is 0 Å². The van der Waals surface area contributed by atoms with Gasteiger partial charge in [0, 0.05) is 13.2 Å². The van der Waals surface area contributed by atoms with Crippen molar-refractivity contribution in [1.82, 2.24) is 5.32 Å². The van der Waals surface area contributed by atoms with Gasteiger partial charge in [0.05, 0.1) is 6.61 Å². The normalized spacial score (nSPS) is 10.6. The molecule has 0 radical (unpaired) electrons. The summed E-state index contributed by atoms with van der Waals surface area (Å²) in [6.45, 7) is 2.29. The van der Waals surface area contributed by atoms with Crippen LogP contribution in [0.15, 0.2) is 0 Å². The number of unbranched alkanes of at least 4 members (excludes halogenated alkanes) is 5. The Bertz CT molecular complexity index is 79.0. The first kappa shape index (κ1) is 12.9. The molecule has 0 aromatic rings. The Hall–Kier alpha value is -0.120. The van der Waals surface area contributed by atoms with Crippen LogP contribution in [0.3, 0.4) is 0 Å². The average Bonchev–Trinajstić information content (AvgIpc) is 2.16. The van der Waals surface area contributed by atoms with Gasteiger partial charge in [0.1, 0.15) is 0 Å². The van der Waals surface area contributed by atoms with Crippen molar-refractivity contribution in [3.05, 3.63) is 0 Å². The molecule has 3 nitrogen and oxygen atoms in total. The Morgan fingerprint density at radius 3 is 1.85 bits per heavy atom. The summed E-state index contributed by atoms with van der Waals surface area (Å²) in [4.78, 5) is 0. The summed E-state index contributed by atoms with van der Waals surface area (Å²) in [6.07, 6.45) is 7.05. The van der Waals surface area contributed by atoms with Crippen molar-refractivity contribution in [1.29, 1.82) is 0 Å². The molecule has 0 aromatic carbocycles. The van der Waals surface area contributed by atoms with E-state index in [0.717, 1.165) is 19.4 Å². The van der Waals surface area contributed by atoms with Crippen LogP contribution < -0.4 is 5.32 Å². The lowest BCUT2D eigenvalue weighted by atomic mass is 10.1. The van der Waals surface area contributed by atoms with Gasteiger partial charge in [-0.05, 0) is 19.4 Å². The van der Waals surface area contributed by atoms with Crippen molar-refractivity contribution in [3.63, 3.8) is 0 Å². The van der Waals surface area contributed by atoms with Crippen LogP contribution in [0.5, 0.6) is 0 Å². The van der Waals surface area contributed by atoms with E-state index < -0.39 is 0 Å². The fourth-order valence-corrected chi connectivity index (χ4v) is 1.27. The molecule has 0 saturated heterocycles. The van der Waals surface area contributed by atoms with Gasteiger partial charge >= 0.3 is 0 Å². The van der Waals surface area contributed by atoms with E-state index in [2.05, 4.69) is 5.32 Å². The summed E-state index contributed by atoms with van der Waals surface area (Å²) < 4.78 is 0. The molecule has 0 aliphatic rings. The molecule has 0 rings (SSSR count). The molecule has 3 heteroatoms. The SMILES string of the molecule is OCCCCCCCCNCCO. The number of hydrogen-bond donors (Lipinski definition) is 3. The Morgan fingerprint density at radius 1 is 0.615 bits per heavy atom. The van der Waals surface area contributed by atoms with E-state index in [-0.39, 0.29) is 6.61 Å². The number of nitrogens with one attached hydrogen (secondary N) is 1. The van der Waals surface area contributed by atoms with Crippen LogP contribution in [0.4, 0.5) is 0 Å². The van der Waals surface area contributed by atoms with Gasteiger partial charge in [0.2, 0.25) is 0 Å². The molecule has 0 atom stereocenters. The zero-order valence-corrected chi connectivity index (χ0v) is 8.47. The Morgan fingerprint density at radius 2 is 1.23 bits per heavy atom. The van der Waals surface area contributed by atoms with Crippen molar-refractivity contribution in [2.75, 3.05) is 26.3 Å². The van der Waals surface area contributed by atoms with Crippen LogP contribution >= 0.6 is 0 Å². The van der Waals surface area contributed by atoms with Crippen LogP contribution in [0.1, 0.15) is 38.5 Å². The number of hydrogen-bond acceptors (Lipinski definition) is 3. The van der Waals surface area contributed by atoms with Gasteiger partial charge in [-0.2, -0.15) is 0 Å². The first-order valence-electron chi connectivity index (χ1n) is 5.34. The molecule has 0 aliphatic carbocycles. The minimum atomic E-state index is 0.233. The lowest BCUT2D eigenvalue weighted by Crippen LogP contribution is -2.19. The third-order valence-corrected chi connectivity index (χ3v) is 2.05. The molecule has 0 amide bonds. The van der Waals surface area contributed by atoms with Crippen molar-refractivity contribution in [2.24, 2.45) is 0 Å². The molecule has 13 heavy (non-hydrogen) atoms. The minimum absolute atomic E-state index is 0.233. The zero-order chi connectivity index (χ0) is 9.78. The maximum atomic E-state index is 8.53. The Labute approximate surface area is 81.2 Å². The van der Waals surface area contributed by atoms with Gasteiger partial charge in [0.25, 0.3) is 0 Å². The van der Waals surface area contributed by atoms with Crippen LogP contribution in [-0.4, -0.2) is 36.5 Å². The quantitative estimate of drug-likeness (QED) is 0.448. The maximum absolute atomic E-state index is 8.53. The van der Waals surface area contributed by atoms with E-state index in [4.69, 9.17) is 10.2 Å². The van der Waals surface area contributed by atoms with Gasteiger partial charge in [0.15, 0.2) is 0 Å². The lowest BCUT2D eigenvalue weighted by molar-refractivity contribution is 0.282. The average molecular weight is 189 g/mol. The first-order chi connectivity index (χ1) is 6.41. The molecule has 0 aliphatic heterocycles. The van der Waals surface area contributed by atoms with Gasteiger partial charge in [-0.15, -0.1) is 0 Å². The van der Waals surface area contributed by atoms with Gasteiger partial charge in [-0.25, -0.2) is 0 Å². The van der Waals surface area contributed by atoms with Crippen LogP contribution in [0, 0.1) is 0 Å². The smallest absolute Gasteiger partial charge is 0.0555 e. The summed E-state index contributed by atoms with van der Waals surface area (Å²) in [5, 5.41) is 20.2. The third kappa shape index (κ3) is 11.9. The van der Waals surface area contributed by atoms with Crippen molar-refractivity contribution >= 4 is 0 Å². The highest BCUT2D eigenvalue weighted by atomic mass is 16.3. The van der Waals surface area contributed by atoms with Gasteiger partial charge in [-0.1, -0.05) is 25.7 Å². The van der Waals surface area contributed by atoms with Crippen molar-refractivity contribution in [2.45, 2.75) is 38.5 Å². The van der Waals surface area contributed by atoms with E-state index in [1.54, 1.807) is 0 Å². The predicted octanol–water partition coefficient (Wildman–Crippen LogP) is 0.901. The highest BCUT2D eigenvalue weighted by Crippen LogP contribution is 2.03. The molecule has 80 valence electrons. The second-order valence-corrected chi connectivity index (χ2v) is 3.32. The summed E-state index contributed by atoms with van der Waals surface area (Å²) in [6, 6.07) is 0. The third-order valence-electron chi connectivity index (χ3n) is 2.05. The zero-order valence-electron chi connectivity index (χ0n) is 8.47. The summed E-state index contributed by atoms with van der Waals surface area (Å²) >= 11 is 0. The minimum Gasteiger partial charge on any atom is -0.396 e. The number of rotatable bonds is 10. The Kier molecular flexibility index (Phi) is 11.8. The molecule has 0 unspecified atom stereocenters. The van der Waals surface area contributed by atoms with Gasteiger partial charge < -0.3 is 15.5 Å². The van der Waals surface area contributed by atoms with Crippen LogP contribution in [0.25, 0.3) is 0 Å². The van der Waals surface area contributed by atoms with Crippen LogP contribution in [0.2, 0.25) is 0 Å². The summed E-state index contributed by atoms with van der Waals surface area (Å²) in [7, 11) is 0. The largest absolute Gasteiger partial charge is 0.396 e. The predicted molar refractivity (Wildman–Crippen MR) is 54.7 cm³/mol. The second kappa shape index (κ2) is 11.9. The standard InChI is InChI=1S/C10H23NO2/c12-9-6-4-2-1-3-5-7-11-8-10-13/h11-13H,1-10H2. The molecule has 0 heterocycles. The van der Waals surface area contributed by atoms with Crippen LogP contribution in [-0.2, 0) is 0 Å². The highest BCUT2D eigenvalue weighted by molar-refractivity contribution is 4.48. The monoisotopic (exact) mass is 189 g/mol. The first-order valence-corrected chi connectivity index (χ1v) is 5.34. The molecule has 0 spiro atoms. The fraction of sp³-hybridized carbons (Fsp3) is 1.00. The topological polar surface area (TPSA) is 52.5 Å². The van der Waals surface area contributed by atoms with E-state index in [1.807, 2.05) is 0 Å². The lowest BCUT2D eigenvalue weighted by Gasteiger charge is -2.02. The van der Waals surface area contributed by atoms with Gasteiger partial charge in [-0.3, -0.25) is 0 Å². The van der Waals surface area contributed by atoms with E-state index in [9.17, 15) is 0 Å². The molecule has 3 N–H and O–H groups in total. The molecule has 0 bridgehead atoms. The maximum Gasteiger partial charge on any atom is 0.0555 e. The number of aliphatic hydroxyl groups excluding tert-OH is 2. The molecule has 0 saturated carbocycles. The van der Waals surface area contributed by atoms with E-state index in [0.29, 0.717) is 13.2 Å². The second-order valence-electron chi connectivity index (χ2n) is 3.32. The van der Waals surface area contributed by atoms with E-state index >= 15 is 0 Å².